The lowest BCUT2D eigenvalue weighted by Gasteiger charge is -2.09. The van der Waals surface area contributed by atoms with Gasteiger partial charge in [0, 0.05) is 20.3 Å². The van der Waals surface area contributed by atoms with Gasteiger partial charge in [0.25, 0.3) is 0 Å². The molecular weight excluding hydrogens is 597 g/mol. The van der Waals surface area contributed by atoms with Gasteiger partial charge in [-0.1, -0.05) is 15.9 Å². The van der Waals surface area contributed by atoms with Crippen LogP contribution >= 0.6 is 54.5 Å². The van der Waals surface area contributed by atoms with E-state index in [1.165, 1.54) is 6.07 Å². The fourth-order valence-corrected chi connectivity index (χ4v) is 2.85. The number of nitrogen functional groups attached to an aromatic ring is 2. The lowest BCUT2D eigenvalue weighted by molar-refractivity contribution is -0.138. The van der Waals surface area contributed by atoms with Gasteiger partial charge in [-0.25, -0.2) is 0 Å². The fourth-order valence-electron chi connectivity index (χ4n) is 1.55. The minimum Gasteiger partial charge on any atom is -0.399 e. The smallest absolute Gasteiger partial charge is 0.399 e. The van der Waals surface area contributed by atoms with Crippen LogP contribution in [0.1, 0.15) is 11.1 Å². The van der Waals surface area contributed by atoms with Crippen molar-refractivity contribution in [2.24, 2.45) is 0 Å². The maximum Gasteiger partial charge on any atom is 0.416 e. The number of alkyl halides is 6. The van der Waals surface area contributed by atoms with E-state index >= 15 is 0 Å². The number of hydrogen-bond acceptors (Lipinski definition) is 2. The highest BCUT2D eigenvalue weighted by atomic mass is 127. The minimum atomic E-state index is -4.35. The van der Waals surface area contributed by atoms with Crippen molar-refractivity contribution in [3.05, 3.63) is 54.0 Å². The average Bonchev–Trinajstić information content (AvgIpc) is 2.42. The van der Waals surface area contributed by atoms with Gasteiger partial charge >= 0.3 is 12.4 Å². The van der Waals surface area contributed by atoms with Crippen LogP contribution in [0.2, 0.25) is 0 Å². The molecule has 0 bridgehead atoms. The lowest BCUT2D eigenvalue weighted by Crippen LogP contribution is -2.06. The van der Waals surface area contributed by atoms with Crippen LogP contribution < -0.4 is 11.5 Å². The summed E-state index contributed by atoms with van der Waals surface area (Å²) in [5.74, 6) is 0. The molecule has 2 rings (SSSR count). The first-order valence-corrected chi connectivity index (χ1v) is 8.83. The molecule has 0 unspecified atom stereocenters. The average molecular weight is 606 g/mol. The molecule has 0 aliphatic carbocycles. The first-order chi connectivity index (χ1) is 11.2. The molecule has 0 aromatic heterocycles. The van der Waals surface area contributed by atoms with Crippen LogP contribution in [0.5, 0.6) is 0 Å². The highest BCUT2D eigenvalue weighted by Gasteiger charge is 2.32. The normalized spacial score (nSPS) is 11.7. The monoisotopic (exact) mass is 604 g/mol. The molecule has 0 saturated heterocycles. The summed E-state index contributed by atoms with van der Waals surface area (Å²) < 4.78 is 74.1. The number of halogens is 9. The molecule has 138 valence electrons. The van der Waals surface area contributed by atoms with Gasteiger partial charge in [-0.2, -0.15) is 26.3 Å². The Morgan fingerprint density at radius 2 is 1.24 bits per heavy atom. The zero-order valence-corrected chi connectivity index (χ0v) is 17.3. The van der Waals surface area contributed by atoms with Crippen molar-refractivity contribution in [3.8, 4) is 0 Å². The number of hydrogen-bond donors (Lipinski definition) is 2. The molecule has 0 aliphatic heterocycles. The Morgan fingerprint density at radius 3 is 1.64 bits per heavy atom. The maximum absolute atomic E-state index is 12.2. The predicted octanol–water partition coefficient (Wildman–Crippen LogP) is 6.70. The molecule has 2 aromatic rings. The second kappa shape index (κ2) is 8.33. The zero-order valence-electron chi connectivity index (χ0n) is 11.9. The van der Waals surface area contributed by atoms with Crippen LogP contribution in [0, 0.1) is 3.57 Å². The van der Waals surface area contributed by atoms with E-state index in [4.69, 9.17) is 11.5 Å². The molecule has 0 aliphatic rings. The van der Waals surface area contributed by atoms with Crippen molar-refractivity contribution in [2.75, 3.05) is 11.5 Å². The van der Waals surface area contributed by atoms with Crippen molar-refractivity contribution in [3.63, 3.8) is 0 Å². The number of anilines is 2. The molecule has 4 N–H and O–H groups in total. The summed E-state index contributed by atoms with van der Waals surface area (Å²) >= 11 is 7.80. The SMILES string of the molecule is Nc1cc(Br)cc(C(F)(F)F)c1.Nc1cc(C(F)(F)F)cc(Br)c1I. The summed E-state index contributed by atoms with van der Waals surface area (Å²) in [6.07, 6.45) is -8.68. The highest BCUT2D eigenvalue weighted by Crippen LogP contribution is 2.35. The first-order valence-electron chi connectivity index (χ1n) is 6.16. The van der Waals surface area contributed by atoms with Crippen LogP contribution in [0.3, 0.4) is 0 Å². The lowest BCUT2D eigenvalue weighted by atomic mass is 10.2. The Hall–Kier alpha value is -0.690. The summed E-state index contributed by atoms with van der Waals surface area (Å²) in [6.45, 7) is 0. The molecule has 0 heterocycles. The van der Waals surface area contributed by atoms with Crippen molar-refractivity contribution in [1.82, 2.24) is 0 Å². The minimum absolute atomic E-state index is 0.0942. The van der Waals surface area contributed by atoms with Gasteiger partial charge in [0.15, 0.2) is 0 Å². The summed E-state index contributed by atoms with van der Waals surface area (Å²) in [5.41, 5.74) is 9.35. The van der Waals surface area contributed by atoms with Crippen LogP contribution in [0.25, 0.3) is 0 Å². The quantitative estimate of drug-likeness (QED) is 0.199. The molecule has 11 heteroatoms. The van der Waals surface area contributed by atoms with E-state index in [-0.39, 0.29) is 11.4 Å². The number of benzene rings is 2. The fraction of sp³-hybridized carbons (Fsp3) is 0.143. The Labute approximate surface area is 169 Å². The van der Waals surface area contributed by atoms with Gasteiger partial charge in [-0.05, 0) is 68.9 Å². The van der Waals surface area contributed by atoms with E-state index in [0.29, 0.717) is 12.5 Å². The molecule has 0 amide bonds. The standard InChI is InChI=1S/C7H4BrF3IN.C7H5BrF3N/c8-4-1-3(7(9,10)11)2-5(13)6(4)12;8-5-1-4(7(9,10)11)2-6(12)3-5/h1-2H,13H2;1-3H,12H2. The number of rotatable bonds is 0. The van der Waals surface area contributed by atoms with Crippen molar-refractivity contribution in [2.45, 2.75) is 12.4 Å². The van der Waals surface area contributed by atoms with Crippen molar-refractivity contribution >= 4 is 65.8 Å². The second-order valence-corrected chi connectivity index (χ2v) is 7.48. The summed E-state index contributed by atoms with van der Waals surface area (Å²) in [4.78, 5) is 0. The van der Waals surface area contributed by atoms with Crippen LogP contribution in [-0.4, -0.2) is 0 Å². The van der Waals surface area contributed by atoms with Crippen LogP contribution in [0.4, 0.5) is 37.7 Å². The van der Waals surface area contributed by atoms with Gasteiger partial charge in [-0.3, -0.25) is 0 Å². The third-order valence-corrected chi connectivity index (χ3v) is 5.66. The van der Waals surface area contributed by atoms with E-state index in [1.54, 1.807) is 0 Å². The van der Waals surface area contributed by atoms with Gasteiger partial charge in [0.2, 0.25) is 0 Å². The third-order valence-electron chi connectivity index (χ3n) is 2.63. The first kappa shape index (κ1) is 22.4. The van der Waals surface area contributed by atoms with E-state index in [2.05, 4.69) is 31.9 Å². The molecule has 0 fully saturated rings. The molecule has 2 nitrogen and oxygen atoms in total. The zero-order chi connectivity index (χ0) is 19.6. The summed E-state index contributed by atoms with van der Waals surface area (Å²) in [5, 5.41) is 0. The molecule has 2 aromatic carbocycles. The summed E-state index contributed by atoms with van der Waals surface area (Å²) in [7, 11) is 0. The topological polar surface area (TPSA) is 52.0 Å². The predicted molar refractivity (Wildman–Crippen MR) is 99.8 cm³/mol. The molecule has 0 saturated carbocycles. The number of nitrogens with two attached hydrogens (primary N) is 2. The van der Waals surface area contributed by atoms with Crippen molar-refractivity contribution in [1.29, 1.82) is 0 Å². The molecule has 0 radical (unpaired) electrons. The van der Waals surface area contributed by atoms with Gasteiger partial charge in [0.1, 0.15) is 0 Å². The Balaban J connectivity index is 0.000000251. The van der Waals surface area contributed by atoms with E-state index in [1.807, 2.05) is 22.6 Å². The van der Waals surface area contributed by atoms with Crippen LogP contribution in [0.15, 0.2) is 39.3 Å². The Kier molecular flexibility index (Phi) is 7.45. The van der Waals surface area contributed by atoms with Gasteiger partial charge in [-0.15, -0.1) is 0 Å². The van der Waals surface area contributed by atoms with E-state index in [9.17, 15) is 26.3 Å². The third kappa shape index (κ3) is 6.85. The Bertz CT molecular complexity index is 719. The molecule has 0 atom stereocenters. The summed E-state index contributed by atoms with van der Waals surface area (Å²) in [6, 6.07) is 5.22. The molecule has 0 spiro atoms. The van der Waals surface area contributed by atoms with E-state index < -0.39 is 23.5 Å². The van der Waals surface area contributed by atoms with E-state index in [0.717, 1.165) is 24.3 Å². The van der Waals surface area contributed by atoms with Crippen LogP contribution in [-0.2, 0) is 12.4 Å². The van der Waals surface area contributed by atoms with Gasteiger partial charge < -0.3 is 11.5 Å². The second-order valence-electron chi connectivity index (χ2n) is 4.63. The molecular formula is C14H9Br2F6IN2. The Morgan fingerprint density at radius 1 is 0.760 bits per heavy atom. The molecule has 25 heavy (non-hydrogen) atoms. The highest BCUT2D eigenvalue weighted by molar-refractivity contribution is 14.1. The van der Waals surface area contributed by atoms with Gasteiger partial charge in [0.05, 0.1) is 14.7 Å². The van der Waals surface area contributed by atoms with Crippen molar-refractivity contribution < 1.29 is 26.3 Å². The maximum atomic E-state index is 12.2. The largest absolute Gasteiger partial charge is 0.416 e.